The topological polar surface area (TPSA) is 133 Å². The van der Waals surface area contributed by atoms with Gasteiger partial charge in [0.15, 0.2) is 23.1 Å². The molecular formula is C23H28FN5O6S. The molecule has 0 saturated carbocycles. The third kappa shape index (κ3) is 6.78. The van der Waals surface area contributed by atoms with Gasteiger partial charge in [-0.05, 0) is 26.0 Å². The van der Waals surface area contributed by atoms with Crippen LogP contribution in [0.25, 0.3) is 0 Å². The van der Waals surface area contributed by atoms with Crippen LogP contribution in [-0.2, 0) is 10.0 Å². The van der Waals surface area contributed by atoms with Crippen LogP contribution in [0.1, 0.15) is 13.8 Å². The second-order valence-electron chi connectivity index (χ2n) is 7.80. The number of benzene rings is 2. The zero-order valence-corrected chi connectivity index (χ0v) is 21.5. The highest BCUT2D eigenvalue weighted by Crippen LogP contribution is 2.40. The van der Waals surface area contributed by atoms with Crippen molar-refractivity contribution in [3.05, 3.63) is 42.3 Å². The van der Waals surface area contributed by atoms with Crippen LogP contribution in [0.15, 0.2) is 36.5 Å². The molecule has 1 aromatic heterocycles. The van der Waals surface area contributed by atoms with Gasteiger partial charge in [0, 0.05) is 23.9 Å². The number of nitrogens with zero attached hydrogens (tertiary/aromatic N) is 2. The van der Waals surface area contributed by atoms with Crippen LogP contribution in [-0.4, -0.2) is 52.1 Å². The lowest BCUT2D eigenvalue weighted by atomic mass is 10.2. The number of sulfonamides is 1. The van der Waals surface area contributed by atoms with E-state index in [1.807, 2.05) is 13.8 Å². The van der Waals surface area contributed by atoms with Crippen molar-refractivity contribution in [3.8, 4) is 23.0 Å². The third-order valence-corrected chi connectivity index (χ3v) is 5.17. The molecule has 3 N–H and O–H groups in total. The standard InChI is InChI=1S/C23H28FN5O6S/c1-13(2)35-15-7-8-17(18(11-15)29-36(6,30)31)27-22-16(24)12-25-23(28-22)26-14-9-19(32-3)21(34-5)20(10-14)33-4/h7-13,29H,1-6H3,(H2,25,26,27,28). The van der Waals surface area contributed by atoms with Crippen molar-refractivity contribution in [1.82, 2.24) is 9.97 Å². The Balaban J connectivity index is 1.94. The van der Waals surface area contributed by atoms with E-state index in [4.69, 9.17) is 18.9 Å². The SMILES string of the molecule is COc1cc(Nc2ncc(F)c(Nc3ccc(OC(C)C)cc3NS(C)(=O)=O)n2)cc(OC)c1OC. The molecule has 0 atom stereocenters. The van der Waals surface area contributed by atoms with Crippen molar-refractivity contribution in [3.63, 3.8) is 0 Å². The zero-order chi connectivity index (χ0) is 26.5. The summed E-state index contributed by atoms with van der Waals surface area (Å²) in [6, 6.07) is 7.96. The molecule has 2 aromatic carbocycles. The van der Waals surface area contributed by atoms with E-state index in [1.54, 1.807) is 24.3 Å². The molecule has 0 radical (unpaired) electrons. The number of methoxy groups -OCH3 is 3. The molecule has 0 spiro atoms. The predicted molar refractivity (Wildman–Crippen MR) is 135 cm³/mol. The number of hydrogen-bond donors (Lipinski definition) is 3. The highest BCUT2D eigenvalue weighted by molar-refractivity contribution is 7.92. The van der Waals surface area contributed by atoms with Crippen molar-refractivity contribution >= 4 is 38.9 Å². The van der Waals surface area contributed by atoms with Crippen LogP contribution < -0.4 is 34.3 Å². The van der Waals surface area contributed by atoms with E-state index < -0.39 is 15.8 Å². The number of rotatable bonds is 11. The van der Waals surface area contributed by atoms with Gasteiger partial charge in [0.1, 0.15) is 5.75 Å². The summed E-state index contributed by atoms with van der Waals surface area (Å²) in [5.74, 6) is 0.774. The van der Waals surface area contributed by atoms with Crippen molar-refractivity contribution in [2.45, 2.75) is 20.0 Å². The average molecular weight is 522 g/mol. The predicted octanol–water partition coefficient (Wildman–Crippen LogP) is 4.29. The van der Waals surface area contributed by atoms with Crippen LogP contribution in [0.2, 0.25) is 0 Å². The molecule has 0 aliphatic heterocycles. The molecule has 0 fully saturated rings. The van der Waals surface area contributed by atoms with Crippen LogP contribution in [0, 0.1) is 5.82 Å². The van der Waals surface area contributed by atoms with Crippen LogP contribution in [0.3, 0.4) is 0 Å². The molecular weight excluding hydrogens is 493 g/mol. The minimum Gasteiger partial charge on any atom is -0.493 e. The lowest BCUT2D eigenvalue weighted by molar-refractivity contribution is 0.242. The summed E-state index contributed by atoms with van der Waals surface area (Å²) in [5, 5.41) is 5.78. The van der Waals surface area contributed by atoms with Crippen LogP contribution >= 0.6 is 0 Å². The zero-order valence-electron chi connectivity index (χ0n) is 20.7. The molecule has 0 saturated heterocycles. The van der Waals surface area contributed by atoms with Gasteiger partial charge in [-0.15, -0.1) is 0 Å². The fraction of sp³-hybridized carbons (Fsp3) is 0.304. The molecule has 1 heterocycles. The molecule has 0 unspecified atom stereocenters. The first kappa shape index (κ1) is 26.6. The van der Waals surface area contributed by atoms with Gasteiger partial charge in [-0.2, -0.15) is 4.98 Å². The maximum absolute atomic E-state index is 14.6. The third-order valence-electron chi connectivity index (χ3n) is 4.58. The molecule has 3 aromatic rings. The fourth-order valence-corrected chi connectivity index (χ4v) is 3.76. The monoisotopic (exact) mass is 521 g/mol. The number of nitrogens with one attached hydrogen (secondary N) is 3. The Bertz CT molecular complexity index is 1310. The number of aromatic nitrogens is 2. The summed E-state index contributed by atoms with van der Waals surface area (Å²) in [6.45, 7) is 3.68. The summed E-state index contributed by atoms with van der Waals surface area (Å²) in [6.07, 6.45) is 1.87. The molecule has 36 heavy (non-hydrogen) atoms. The lowest BCUT2D eigenvalue weighted by Gasteiger charge is -2.17. The molecule has 3 rings (SSSR count). The van der Waals surface area contributed by atoms with E-state index in [-0.39, 0.29) is 29.2 Å². The molecule has 11 nitrogen and oxygen atoms in total. The second kappa shape index (κ2) is 11.2. The van der Waals surface area contributed by atoms with Gasteiger partial charge < -0.3 is 29.6 Å². The van der Waals surface area contributed by atoms with Gasteiger partial charge >= 0.3 is 0 Å². The minimum atomic E-state index is -3.63. The van der Waals surface area contributed by atoms with Gasteiger partial charge in [-0.1, -0.05) is 0 Å². The van der Waals surface area contributed by atoms with Gasteiger partial charge in [-0.25, -0.2) is 17.8 Å². The molecule has 0 amide bonds. The smallest absolute Gasteiger partial charge is 0.229 e. The molecule has 194 valence electrons. The number of anilines is 5. The summed E-state index contributed by atoms with van der Waals surface area (Å²) < 4.78 is 62.4. The molecule has 0 aliphatic carbocycles. The van der Waals surface area contributed by atoms with E-state index in [2.05, 4.69) is 25.3 Å². The normalized spacial score (nSPS) is 11.1. The van der Waals surface area contributed by atoms with Crippen molar-refractivity contribution in [1.29, 1.82) is 0 Å². The lowest BCUT2D eigenvalue weighted by Crippen LogP contribution is -2.13. The van der Waals surface area contributed by atoms with Crippen molar-refractivity contribution < 1.29 is 31.8 Å². The maximum atomic E-state index is 14.6. The quantitative estimate of drug-likeness (QED) is 0.336. The maximum Gasteiger partial charge on any atom is 0.229 e. The van der Waals surface area contributed by atoms with Crippen LogP contribution in [0.5, 0.6) is 23.0 Å². The largest absolute Gasteiger partial charge is 0.493 e. The first-order chi connectivity index (χ1) is 17.0. The Labute approximate surface area is 209 Å². The Morgan fingerprint density at radius 2 is 1.61 bits per heavy atom. The Morgan fingerprint density at radius 3 is 2.17 bits per heavy atom. The average Bonchev–Trinajstić information content (AvgIpc) is 2.80. The Hall–Kier alpha value is -4.00. The van der Waals surface area contributed by atoms with E-state index in [9.17, 15) is 12.8 Å². The summed E-state index contributed by atoms with van der Waals surface area (Å²) in [4.78, 5) is 8.17. The Morgan fingerprint density at radius 1 is 0.944 bits per heavy atom. The van der Waals surface area contributed by atoms with Gasteiger partial charge in [0.05, 0.1) is 51.3 Å². The second-order valence-corrected chi connectivity index (χ2v) is 9.55. The first-order valence-electron chi connectivity index (χ1n) is 10.7. The van der Waals surface area contributed by atoms with Crippen molar-refractivity contribution in [2.75, 3.05) is 42.9 Å². The summed E-state index contributed by atoms with van der Waals surface area (Å²) >= 11 is 0. The van der Waals surface area contributed by atoms with E-state index in [0.29, 0.717) is 28.7 Å². The molecule has 0 bridgehead atoms. The highest BCUT2D eigenvalue weighted by Gasteiger charge is 2.16. The number of ether oxygens (including phenoxy) is 4. The summed E-state index contributed by atoms with van der Waals surface area (Å²) in [5.41, 5.74) is 0.914. The van der Waals surface area contributed by atoms with E-state index >= 15 is 0 Å². The van der Waals surface area contributed by atoms with Gasteiger partial charge in [0.2, 0.25) is 21.7 Å². The highest BCUT2D eigenvalue weighted by atomic mass is 32.2. The Kier molecular flexibility index (Phi) is 8.25. The number of halogens is 1. The van der Waals surface area contributed by atoms with Crippen molar-refractivity contribution in [2.24, 2.45) is 0 Å². The molecule has 0 aliphatic rings. The van der Waals surface area contributed by atoms with Gasteiger partial charge in [0.25, 0.3) is 0 Å². The fourth-order valence-electron chi connectivity index (χ4n) is 3.19. The summed E-state index contributed by atoms with van der Waals surface area (Å²) in [7, 11) is 0.822. The minimum absolute atomic E-state index is 0.0607. The number of hydrogen-bond acceptors (Lipinski definition) is 10. The van der Waals surface area contributed by atoms with Gasteiger partial charge in [-0.3, -0.25) is 4.72 Å². The van der Waals surface area contributed by atoms with E-state index in [0.717, 1.165) is 12.5 Å². The first-order valence-corrected chi connectivity index (χ1v) is 12.6. The van der Waals surface area contributed by atoms with E-state index in [1.165, 1.54) is 27.4 Å². The molecule has 13 heteroatoms. The van der Waals surface area contributed by atoms with Crippen LogP contribution in [0.4, 0.5) is 33.2 Å².